The zero-order chi connectivity index (χ0) is 13.9. The number of carbonyl (C=O) groups excluding carboxylic acids is 1. The third-order valence-corrected chi connectivity index (χ3v) is 3.73. The van der Waals surface area contributed by atoms with Crippen LogP contribution < -0.4 is 10.1 Å². The Labute approximate surface area is 117 Å². The molecule has 0 spiro atoms. The minimum absolute atomic E-state index is 0.0740. The molecule has 1 aromatic carbocycles. The van der Waals surface area contributed by atoms with Crippen molar-refractivity contribution in [2.24, 2.45) is 5.92 Å². The molecule has 0 aliphatic heterocycles. The molecule has 1 heterocycles. The summed E-state index contributed by atoms with van der Waals surface area (Å²) in [5.41, 5.74) is 1.86. The number of nitrogens with zero attached hydrogens (tertiary/aromatic N) is 1. The number of aromatic amines is 1. The first-order valence-corrected chi connectivity index (χ1v) is 6.69. The van der Waals surface area contributed by atoms with Crippen molar-refractivity contribution in [2.75, 3.05) is 13.7 Å². The zero-order valence-corrected chi connectivity index (χ0v) is 11.3. The van der Waals surface area contributed by atoms with Gasteiger partial charge in [0, 0.05) is 12.7 Å². The van der Waals surface area contributed by atoms with Gasteiger partial charge in [0.25, 0.3) is 5.91 Å². The van der Waals surface area contributed by atoms with E-state index >= 15 is 0 Å². The van der Waals surface area contributed by atoms with E-state index in [0.29, 0.717) is 23.9 Å². The predicted octanol–water partition coefficient (Wildman–Crippen LogP) is 1.95. The van der Waals surface area contributed by atoms with Crippen LogP contribution in [-0.4, -0.2) is 29.8 Å². The molecule has 2 aromatic rings. The van der Waals surface area contributed by atoms with Crippen LogP contribution in [0.4, 0.5) is 0 Å². The van der Waals surface area contributed by atoms with Crippen molar-refractivity contribution >= 4 is 5.91 Å². The first kappa shape index (κ1) is 12.7. The second kappa shape index (κ2) is 5.36. The Balaban J connectivity index is 1.53. The summed E-state index contributed by atoms with van der Waals surface area (Å²) in [5, 5.41) is 9.35. The van der Waals surface area contributed by atoms with Crippen molar-refractivity contribution in [3.8, 4) is 5.75 Å². The standard InChI is InChI=1S/C15H17N3O2/c1-20-13-4-2-3-10(5-13)14-6-11(14)7-16-15(19)12-8-17-18-9-12/h2-5,8-9,11,14H,6-7H2,1H3,(H,16,19)(H,17,18)/t11-,14-/m0/s1. The van der Waals surface area contributed by atoms with Gasteiger partial charge in [-0.05, 0) is 36.0 Å². The maximum absolute atomic E-state index is 11.8. The van der Waals surface area contributed by atoms with Crippen molar-refractivity contribution < 1.29 is 9.53 Å². The first-order chi connectivity index (χ1) is 9.78. The number of carbonyl (C=O) groups is 1. The molecule has 5 nitrogen and oxygen atoms in total. The fourth-order valence-corrected chi connectivity index (χ4v) is 2.45. The number of rotatable bonds is 5. The van der Waals surface area contributed by atoms with Crippen molar-refractivity contribution in [2.45, 2.75) is 12.3 Å². The van der Waals surface area contributed by atoms with Gasteiger partial charge in [-0.1, -0.05) is 12.1 Å². The molecular formula is C15H17N3O2. The Morgan fingerprint density at radius 3 is 3.20 bits per heavy atom. The molecule has 104 valence electrons. The molecule has 1 amide bonds. The van der Waals surface area contributed by atoms with Crippen LogP contribution in [0.3, 0.4) is 0 Å². The third-order valence-electron chi connectivity index (χ3n) is 3.73. The lowest BCUT2D eigenvalue weighted by Gasteiger charge is -2.05. The molecule has 1 aromatic heterocycles. The van der Waals surface area contributed by atoms with Gasteiger partial charge in [0.15, 0.2) is 0 Å². The van der Waals surface area contributed by atoms with E-state index in [9.17, 15) is 4.79 Å². The smallest absolute Gasteiger partial charge is 0.254 e. The normalized spacial score (nSPS) is 20.4. The average Bonchev–Trinajstić information content (AvgIpc) is 3.05. The second-order valence-corrected chi connectivity index (χ2v) is 5.08. The van der Waals surface area contributed by atoms with Crippen LogP contribution in [-0.2, 0) is 0 Å². The van der Waals surface area contributed by atoms with Gasteiger partial charge in [0.1, 0.15) is 5.75 Å². The number of methoxy groups -OCH3 is 1. The Morgan fingerprint density at radius 1 is 1.55 bits per heavy atom. The topological polar surface area (TPSA) is 67.0 Å². The molecule has 1 saturated carbocycles. The fourth-order valence-electron chi connectivity index (χ4n) is 2.45. The quantitative estimate of drug-likeness (QED) is 0.873. The summed E-state index contributed by atoms with van der Waals surface area (Å²) >= 11 is 0. The lowest BCUT2D eigenvalue weighted by atomic mass is 10.1. The Hall–Kier alpha value is -2.30. The Kier molecular flexibility index (Phi) is 3.41. The van der Waals surface area contributed by atoms with Crippen LogP contribution >= 0.6 is 0 Å². The van der Waals surface area contributed by atoms with Crippen LogP contribution in [0.1, 0.15) is 28.3 Å². The third kappa shape index (κ3) is 2.66. The van der Waals surface area contributed by atoms with Crippen molar-refractivity contribution in [1.29, 1.82) is 0 Å². The van der Waals surface area contributed by atoms with Gasteiger partial charge in [-0.15, -0.1) is 0 Å². The number of aromatic nitrogens is 2. The van der Waals surface area contributed by atoms with E-state index in [1.807, 2.05) is 12.1 Å². The number of hydrogen-bond donors (Lipinski definition) is 2. The minimum Gasteiger partial charge on any atom is -0.497 e. The summed E-state index contributed by atoms with van der Waals surface area (Å²) in [5.74, 6) is 1.85. The van der Waals surface area contributed by atoms with Gasteiger partial charge in [-0.3, -0.25) is 9.89 Å². The summed E-state index contributed by atoms with van der Waals surface area (Å²) in [7, 11) is 1.68. The van der Waals surface area contributed by atoms with Crippen LogP contribution in [0.5, 0.6) is 5.75 Å². The number of hydrogen-bond acceptors (Lipinski definition) is 3. The van der Waals surface area contributed by atoms with Gasteiger partial charge in [-0.2, -0.15) is 5.10 Å². The van der Waals surface area contributed by atoms with E-state index in [-0.39, 0.29) is 5.91 Å². The average molecular weight is 271 g/mol. The number of ether oxygens (including phenoxy) is 1. The minimum atomic E-state index is -0.0740. The molecule has 0 unspecified atom stereocenters. The Morgan fingerprint density at radius 2 is 2.45 bits per heavy atom. The molecule has 2 N–H and O–H groups in total. The van der Waals surface area contributed by atoms with E-state index < -0.39 is 0 Å². The van der Waals surface area contributed by atoms with Crippen LogP contribution in [0.15, 0.2) is 36.7 Å². The number of benzene rings is 1. The first-order valence-electron chi connectivity index (χ1n) is 6.69. The highest BCUT2D eigenvalue weighted by molar-refractivity contribution is 5.93. The summed E-state index contributed by atoms with van der Waals surface area (Å²) in [4.78, 5) is 11.8. The van der Waals surface area contributed by atoms with Gasteiger partial charge in [0.05, 0.1) is 18.9 Å². The van der Waals surface area contributed by atoms with Crippen LogP contribution in [0, 0.1) is 5.92 Å². The Bertz CT molecular complexity index is 595. The lowest BCUT2D eigenvalue weighted by Crippen LogP contribution is -2.25. The van der Waals surface area contributed by atoms with Gasteiger partial charge < -0.3 is 10.1 Å². The maximum Gasteiger partial charge on any atom is 0.254 e. The molecule has 1 aliphatic carbocycles. The van der Waals surface area contributed by atoms with Crippen LogP contribution in [0.25, 0.3) is 0 Å². The fraction of sp³-hybridized carbons (Fsp3) is 0.333. The van der Waals surface area contributed by atoms with E-state index in [4.69, 9.17) is 4.74 Å². The summed E-state index contributed by atoms with van der Waals surface area (Å²) in [6, 6.07) is 8.14. The molecule has 0 bridgehead atoms. The highest BCUT2D eigenvalue weighted by atomic mass is 16.5. The van der Waals surface area contributed by atoms with E-state index in [2.05, 4.69) is 27.6 Å². The highest BCUT2D eigenvalue weighted by Crippen LogP contribution is 2.47. The van der Waals surface area contributed by atoms with E-state index in [1.165, 1.54) is 11.8 Å². The molecular weight excluding hydrogens is 254 g/mol. The lowest BCUT2D eigenvalue weighted by molar-refractivity contribution is 0.0951. The summed E-state index contributed by atoms with van der Waals surface area (Å²) in [6.07, 6.45) is 4.24. The van der Waals surface area contributed by atoms with Crippen LogP contribution in [0.2, 0.25) is 0 Å². The maximum atomic E-state index is 11.8. The van der Waals surface area contributed by atoms with E-state index in [1.54, 1.807) is 13.3 Å². The van der Waals surface area contributed by atoms with Crippen molar-refractivity contribution in [3.63, 3.8) is 0 Å². The molecule has 1 aliphatic rings. The number of amides is 1. The predicted molar refractivity (Wildman–Crippen MR) is 74.8 cm³/mol. The van der Waals surface area contributed by atoms with Crippen molar-refractivity contribution in [3.05, 3.63) is 47.8 Å². The molecule has 0 radical (unpaired) electrons. The van der Waals surface area contributed by atoms with E-state index in [0.717, 1.165) is 12.2 Å². The molecule has 5 heteroatoms. The number of H-pyrrole nitrogens is 1. The van der Waals surface area contributed by atoms with Gasteiger partial charge in [0.2, 0.25) is 0 Å². The van der Waals surface area contributed by atoms with Gasteiger partial charge >= 0.3 is 0 Å². The SMILES string of the molecule is COc1cccc([C@@H]2C[C@H]2CNC(=O)c2cn[nH]c2)c1. The molecule has 1 fully saturated rings. The zero-order valence-electron chi connectivity index (χ0n) is 11.3. The summed E-state index contributed by atoms with van der Waals surface area (Å²) < 4.78 is 5.24. The van der Waals surface area contributed by atoms with Crippen molar-refractivity contribution in [1.82, 2.24) is 15.5 Å². The monoisotopic (exact) mass is 271 g/mol. The number of nitrogens with one attached hydrogen (secondary N) is 2. The molecule has 0 saturated heterocycles. The highest BCUT2D eigenvalue weighted by Gasteiger charge is 2.38. The van der Waals surface area contributed by atoms with Gasteiger partial charge in [-0.25, -0.2) is 0 Å². The second-order valence-electron chi connectivity index (χ2n) is 5.08. The largest absolute Gasteiger partial charge is 0.497 e. The summed E-state index contributed by atoms with van der Waals surface area (Å²) in [6.45, 7) is 0.700. The molecule has 2 atom stereocenters. The molecule has 3 rings (SSSR count). The molecule has 20 heavy (non-hydrogen) atoms.